The summed E-state index contributed by atoms with van der Waals surface area (Å²) in [5, 5.41) is 10.9. The van der Waals surface area contributed by atoms with Crippen LogP contribution in [-0.4, -0.2) is 53.0 Å². The van der Waals surface area contributed by atoms with Gasteiger partial charge in [-0.05, 0) is 74.4 Å². The lowest BCUT2D eigenvalue weighted by molar-refractivity contribution is -0.126. The summed E-state index contributed by atoms with van der Waals surface area (Å²) in [6.45, 7) is 9.42. The molecule has 3 heterocycles. The molecular weight excluding hydrogens is 392 g/mol. The second-order valence-electron chi connectivity index (χ2n) is 9.65. The Kier molecular flexibility index (Phi) is 5.02. The predicted octanol–water partition coefficient (Wildman–Crippen LogP) is 3.25. The average molecular weight is 423 g/mol. The topological polar surface area (TPSA) is 70.1 Å². The van der Waals surface area contributed by atoms with Gasteiger partial charge in [0, 0.05) is 30.8 Å². The second-order valence-corrected chi connectivity index (χ2v) is 9.65. The van der Waals surface area contributed by atoms with Crippen LogP contribution in [0.25, 0.3) is 0 Å². The van der Waals surface area contributed by atoms with Gasteiger partial charge in [0.25, 0.3) is 0 Å². The zero-order valence-corrected chi connectivity index (χ0v) is 18.2. The summed E-state index contributed by atoms with van der Waals surface area (Å²) >= 11 is 0. The molecule has 2 fully saturated rings. The standard InChI is InChI=1S/C25H30N2O4/c1-16-3-4-18(11-16)27-15-25(12-23(27)29)7-9-26(10-8-25)13-22(28)19-5-6-20-21(17(19)2)14-31-24(20)30/h5-6,11,22,28H,1,3-4,7-10,12-15H2,2H3/t22-/m0/s1. The van der Waals surface area contributed by atoms with Crippen LogP contribution >= 0.6 is 0 Å². The van der Waals surface area contributed by atoms with Crippen LogP contribution in [-0.2, 0) is 16.1 Å². The largest absolute Gasteiger partial charge is 0.457 e. The van der Waals surface area contributed by atoms with Gasteiger partial charge in [0.2, 0.25) is 5.91 Å². The number of cyclic esters (lactones) is 1. The first-order chi connectivity index (χ1) is 14.8. The van der Waals surface area contributed by atoms with Gasteiger partial charge < -0.3 is 19.6 Å². The Morgan fingerprint density at radius 3 is 2.71 bits per heavy atom. The molecule has 0 aromatic heterocycles. The Labute approximate surface area is 183 Å². The molecule has 1 aromatic carbocycles. The third-order valence-electron chi connectivity index (χ3n) is 7.66. The molecule has 164 valence electrons. The van der Waals surface area contributed by atoms with Crippen molar-refractivity contribution < 1.29 is 19.4 Å². The lowest BCUT2D eigenvalue weighted by Crippen LogP contribution is -2.43. The molecule has 31 heavy (non-hydrogen) atoms. The van der Waals surface area contributed by atoms with Gasteiger partial charge in [0.05, 0.1) is 11.7 Å². The van der Waals surface area contributed by atoms with E-state index in [0.29, 0.717) is 25.1 Å². The maximum absolute atomic E-state index is 12.7. The SMILES string of the molecule is C=C1C=C(N2CC3(CCN(C[C@H](O)c4ccc5c(c4C)COC5=O)CC3)CC2=O)CC1. The highest BCUT2D eigenvalue weighted by molar-refractivity contribution is 5.94. The van der Waals surface area contributed by atoms with Gasteiger partial charge in [0.1, 0.15) is 6.61 Å². The van der Waals surface area contributed by atoms with E-state index in [2.05, 4.69) is 17.6 Å². The molecule has 6 nitrogen and oxygen atoms in total. The van der Waals surface area contributed by atoms with Crippen LogP contribution in [0.15, 0.2) is 36.1 Å². The molecule has 0 unspecified atom stereocenters. The third-order valence-corrected chi connectivity index (χ3v) is 7.66. The number of fused-ring (bicyclic) bond motifs is 1. The maximum Gasteiger partial charge on any atom is 0.338 e. The van der Waals surface area contributed by atoms with Crippen molar-refractivity contribution in [3.05, 3.63) is 58.3 Å². The molecule has 0 radical (unpaired) electrons. The number of piperidine rings is 1. The number of hydrogen-bond acceptors (Lipinski definition) is 5. The zero-order chi connectivity index (χ0) is 21.8. The molecule has 3 aliphatic heterocycles. The van der Waals surface area contributed by atoms with Crippen molar-refractivity contribution >= 4 is 11.9 Å². The maximum atomic E-state index is 12.7. The summed E-state index contributed by atoms with van der Waals surface area (Å²) in [5.74, 6) is -0.0294. The minimum absolute atomic E-state index is 0.0600. The van der Waals surface area contributed by atoms with Crippen molar-refractivity contribution in [3.8, 4) is 0 Å². The third kappa shape index (κ3) is 3.62. The first-order valence-corrected chi connectivity index (χ1v) is 11.2. The van der Waals surface area contributed by atoms with Crippen molar-refractivity contribution in [3.63, 3.8) is 0 Å². The van der Waals surface area contributed by atoms with Gasteiger partial charge in [-0.25, -0.2) is 4.79 Å². The van der Waals surface area contributed by atoms with Crippen LogP contribution in [0.2, 0.25) is 0 Å². The van der Waals surface area contributed by atoms with E-state index in [4.69, 9.17) is 4.74 Å². The number of allylic oxidation sites excluding steroid dienone is 3. The van der Waals surface area contributed by atoms with E-state index in [1.54, 1.807) is 6.07 Å². The quantitative estimate of drug-likeness (QED) is 0.755. The molecule has 1 atom stereocenters. The molecule has 1 spiro atoms. The number of hydrogen-bond donors (Lipinski definition) is 1. The number of aliphatic hydroxyl groups is 1. The molecule has 2 saturated heterocycles. The van der Waals surface area contributed by atoms with Crippen LogP contribution in [0.5, 0.6) is 0 Å². The van der Waals surface area contributed by atoms with Crippen molar-refractivity contribution in [1.82, 2.24) is 9.80 Å². The number of likely N-dealkylation sites (tertiary alicyclic amines) is 2. The van der Waals surface area contributed by atoms with E-state index < -0.39 is 6.10 Å². The average Bonchev–Trinajstić information content (AvgIpc) is 3.42. The second kappa shape index (κ2) is 7.61. The number of rotatable bonds is 4. The highest BCUT2D eigenvalue weighted by Gasteiger charge is 2.46. The van der Waals surface area contributed by atoms with Crippen LogP contribution in [0.4, 0.5) is 0 Å². The number of aliphatic hydroxyl groups excluding tert-OH is 1. The fraction of sp³-hybridized carbons (Fsp3) is 0.520. The van der Waals surface area contributed by atoms with Gasteiger partial charge in [-0.3, -0.25) is 4.79 Å². The number of ether oxygens (including phenoxy) is 1. The lowest BCUT2D eigenvalue weighted by Gasteiger charge is -2.39. The highest BCUT2D eigenvalue weighted by Crippen LogP contribution is 2.44. The van der Waals surface area contributed by atoms with Crippen molar-refractivity contribution in [2.75, 3.05) is 26.2 Å². The number of esters is 1. The fourth-order valence-electron chi connectivity index (χ4n) is 5.66. The highest BCUT2D eigenvalue weighted by atomic mass is 16.5. The Bertz CT molecular complexity index is 987. The molecule has 4 aliphatic rings. The summed E-state index contributed by atoms with van der Waals surface area (Å²) in [7, 11) is 0. The van der Waals surface area contributed by atoms with Gasteiger partial charge in [-0.2, -0.15) is 0 Å². The predicted molar refractivity (Wildman–Crippen MR) is 116 cm³/mol. The van der Waals surface area contributed by atoms with Gasteiger partial charge in [-0.15, -0.1) is 0 Å². The van der Waals surface area contributed by atoms with Gasteiger partial charge >= 0.3 is 5.97 Å². The minimum Gasteiger partial charge on any atom is -0.457 e. The monoisotopic (exact) mass is 422 g/mol. The van der Waals surface area contributed by atoms with Crippen LogP contribution in [0.3, 0.4) is 0 Å². The summed E-state index contributed by atoms with van der Waals surface area (Å²) < 4.78 is 5.13. The van der Waals surface area contributed by atoms with E-state index >= 15 is 0 Å². The molecule has 0 bridgehead atoms. The van der Waals surface area contributed by atoms with Crippen molar-refractivity contribution in [2.45, 2.75) is 51.7 Å². The van der Waals surface area contributed by atoms with E-state index in [1.165, 1.54) is 0 Å². The number of carbonyl (C=O) groups is 2. The van der Waals surface area contributed by atoms with Crippen molar-refractivity contribution in [2.24, 2.45) is 5.41 Å². The molecule has 6 heteroatoms. The Morgan fingerprint density at radius 2 is 2.00 bits per heavy atom. The first-order valence-electron chi connectivity index (χ1n) is 11.2. The molecule has 1 N–H and O–H groups in total. The molecule has 5 rings (SSSR count). The Hall–Kier alpha value is -2.44. The van der Waals surface area contributed by atoms with E-state index in [-0.39, 0.29) is 17.3 Å². The Morgan fingerprint density at radius 1 is 1.23 bits per heavy atom. The van der Waals surface area contributed by atoms with Gasteiger partial charge in [0.15, 0.2) is 0 Å². The van der Waals surface area contributed by atoms with Crippen molar-refractivity contribution in [1.29, 1.82) is 0 Å². The molecule has 1 aromatic rings. The molecular formula is C25H30N2O4. The van der Waals surface area contributed by atoms with E-state index in [1.807, 2.05) is 17.9 Å². The Balaban J connectivity index is 1.21. The molecule has 1 amide bonds. The van der Waals surface area contributed by atoms with E-state index in [0.717, 1.165) is 73.3 Å². The number of benzene rings is 1. The van der Waals surface area contributed by atoms with Crippen LogP contribution < -0.4 is 0 Å². The van der Waals surface area contributed by atoms with Gasteiger partial charge in [-0.1, -0.05) is 18.2 Å². The summed E-state index contributed by atoms with van der Waals surface area (Å²) in [6, 6.07) is 3.63. The minimum atomic E-state index is -0.605. The lowest BCUT2D eigenvalue weighted by atomic mass is 9.77. The van der Waals surface area contributed by atoms with Crippen LogP contribution in [0, 0.1) is 12.3 Å². The first kappa shape index (κ1) is 20.5. The summed E-state index contributed by atoms with van der Waals surface area (Å²) in [5.41, 5.74) is 5.65. The fourth-order valence-corrected chi connectivity index (χ4v) is 5.66. The normalized spacial score (nSPS) is 24.0. The number of nitrogens with zero attached hydrogens (tertiary/aromatic N) is 2. The number of carbonyl (C=O) groups excluding carboxylic acids is 2. The number of amides is 1. The summed E-state index contributed by atoms with van der Waals surface area (Å²) in [6.07, 6.45) is 5.94. The summed E-state index contributed by atoms with van der Waals surface area (Å²) in [4.78, 5) is 28.8. The molecule has 0 saturated carbocycles. The zero-order valence-electron chi connectivity index (χ0n) is 18.2. The van der Waals surface area contributed by atoms with Crippen LogP contribution in [0.1, 0.15) is 65.3 Å². The number of β-amino-alcohol motifs (C(OH)–C–C–N with tert-alkyl or cyclic N) is 1. The molecule has 1 aliphatic carbocycles. The smallest absolute Gasteiger partial charge is 0.338 e. The van der Waals surface area contributed by atoms with E-state index in [9.17, 15) is 14.7 Å².